The maximum absolute atomic E-state index is 12.1. The Morgan fingerprint density at radius 3 is 2.68 bits per heavy atom. The van der Waals surface area contributed by atoms with Crippen LogP contribution in [-0.4, -0.2) is 27.0 Å². The normalized spacial score (nSPS) is 11.0. The molecule has 6 heteroatoms. The van der Waals surface area contributed by atoms with Crippen molar-refractivity contribution < 1.29 is 9.21 Å². The van der Waals surface area contributed by atoms with Crippen molar-refractivity contribution >= 4 is 17.5 Å². The molecule has 0 atom stereocenters. The molecule has 0 unspecified atom stereocenters. The molecule has 0 N–H and O–H groups in total. The van der Waals surface area contributed by atoms with Crippen LogP contribution in [0.1, 0.15) is 39.5 Å². The Hall–Kier alpha value is -1.88. The highest BCUT2D eigenvalue weighted by Gasteiger charge is 2.20. The van der Waals surface area contributed by atoms with Crippen LogP contribution < -0.4 is 0 Å². The van der Waals surface area contributed by atoms with Gasteiger partial charge < -0.3 is 9.32 Å². The Bertz CT molecular complexity index is 640. The largest absolute Gasteiger partial charge is 0.419 e. The summed E-state index contributed by atoms with van der Waals surface area (Å²) in [5.41, 5.74) is 0.693. The van der Waals surface area contributed by atoms with E-state index in [0.29, 0.717) is 35.3 Å². The summed E-state index contributed by atoms with van der Waals surface area (Å²) in [5, 5.41) is 8.61. The summed E-state index contributed by atoms with van der Waals surface area (Å²) in [6, 6.07) is 7.37. The lowest BCUT2D eigenvalue weighted by Crippen LogP contribution is -2.36. The number of halogens is 1. The van der Waals surface area contributed by atoms with Gasteiger partial charge in [-0.05, 0) is 32.4 Å². The van der Waals surface area contributed by atoms with Gasteiger partial charge in [-0.2, -0.15) is 0 Å². The first-order valence-corrected chi connectivity index (χ1v) is 7.77. The van der Waals surface area contributed by atoms with E-state index >= 15 is 0 Å². The van der Waals surface area contributed by atoms with E-state index in [1.54, 1.807) is 11.0 Å². The Morgan fingerprint density at radius 1 is 1.32 bits per heavy atom. The van der Waals surface area contributed by atoms with Crippen LogP contribution in [0.25, 0.3) is 11.5 Å². The Labute approximate surface area is 135 Å². The van der Waals surface area contributed by atoms with E-state index < -0.39 is 0 Å². The van der Waals surface area contributed by atoms with Gasteiger partial charge >= 0.3 is 0 Å². The molecule has 1 amide bonds. The maximum Gasteiger partial charge on any atom is 0.249 e. The predicted octanol–water partition coefficient (Wildman–Crippen LogP) is 3.93. The van der Waals surface area contributed by atoms with E-state index in [2.05, 4.69) is 10.2 Å². The number of benzene rings is 1. The van der Waals surface area contributed by atoms with E-state index in [-0.39, 0.29) is 11.9 Å². The number of rotatable bonds is 6. The Kier molecular flexibility index (Phi) is 5.55. The molecule has 1 heterocycles. The van der Waals surface area contributed by atoms with Gasteiger partial charge in [0.25, 0.3) is 0 Å². The molecule has 0 fully saturated rings. The van der Waals surface area contributed by atoms with Gasteiger partial charge in [0.2, 0.25) is 17.7 Å². The van der Waals surface area contributed by atoms with Gasteiger partial charge in [-0.1, -0.05) is 30.7 Å². The highest BCUT2D eigenvalue weighted by Crippen LogP contribution is 2.26. The summed E-state index contributed by atoms with van der Waals surface area (Å²) in [5.74, 6) is 0.871. The minimum absolute atomic E-state index is 0.0784. The van der Waals surface area contributed by atoms with Crippen LogP contribution in [0.2, 0.25) is 5.02 Å². The zero-order chi connectivity index (χ0) is 16.1. The van der Waals surface area contributed by atoms with Crippen LogP contribution in [0, 0.1) is 0 Å². The topological polar surface area (TPSA) is 59.2 Å². The van der Waals surface area contributed by atoms with E-state index in [4.69, 9.17) is 16.0 Å². The standard InChI is InChI=1S/C16H20ClN3O2/c1-4-7-15(21)20(11(2)3)10-14-18-19-16(22-14)12-8-5-6-9-13(12)17/h5-6,8-9,11H,4,7,10H2,1-3H3. The first kappa shape index (κ1) is 16.5. The van der Waals surface area contributed by atoms with E-state index in [9.17, 15) is 4.79 Å². The summed E-state index contributed by atoms with van der Waals surface area (Å²) in [7, 11) is 0. The molecule has 2 rings (SSSR count). The minimum Gasteiger partial charge on any atom is -0.419 e. The molecule has 118 valence electrons. The molecule has 0 aliphatic carbocycles. The zero-order valence-electron chi connectivity index (χ0n) is 13.0. The van der Waals surface area contributed by atoms with Gasteiger partial charge in [0.05, 0.1) is 17.1 Å². The molecule has 1 aromatic carbocycles. The number of nitrogens with zero attached hydrogens (tertiary/aromatic N) is 3. The lowest BCUT2D eigenvalue weighted by Gasteiger charge is -2.25. The Morgan fingerprint density at radius 2 is 2.05 bits per heavy atom. The molecule has 22 heavy (non-hydrogen) atoms. The second kappa shape index (κ2) is 7.40. The Balaban J connectivity index is 2.17. The fraction of sp³-hybridized carbons (Fsp3) is 0.438. The quantitative estimate of drug-likeness (QED) is 0.809. The van der Waals surface area contributed by atoms with Crippen molar-refractivity contribution in [1.29, 1.82) is 0 Å². The molecule has 0 radical (unpaired) electrons. The second-order valence-corrected chi connectivity index (χ2v) is 5.75. The molecule has 2 aromatic rings. The second-order valence-electron chi connectivity index (χ2n) is 5.35. The van der Waals surface area contributed by atoms with Crippen LogP contribution in [-0.2, 0) is 11.3 Å². The van der Waals surface area contributed by atoms with Crippen LogP contribution >= 0.6 is 11.6 Å². The van der Waals surface area contributed by atoms with E-state index in [0.717, 1.165) is 6.42 Å². The van der Waals surface area contributed by atoms with E-state index in [1.807, 2.05) is 39.0 Å². The lowest BCUT2D eigenvalue weighted by atomic mass is 10.2. The molecule has 0 bridgehead atoms. The molecule has 0 saturated carbocycles. The number of carbonyl (C=O) groups excluding carboxylic acids is 1. The fourth-order valence-electron chi connectivity index (χ4n) is 2.12. The maximum atomic E-state index is 12.1. The molecule has 0 aliphatic heterocycles. The molecule has 1 aromatic heterocycles. The highest BCUT2D eigenvalue weighted by atomic mass is 35.5. The fourth-order valence-corrected chi connectivity index (χ4v) is 2.34. The van der Waals surface area contributed by atoms with Gasteiger partial charge in [-0.25, -0.2) is 0 Å². The van der Waals surface area contributed by atoms with Crippen molar-refractivity contribution in [1.82, 2.24) is 15.1 Å². The number of carbonyl (C=O) groups is 1. The molecule has 0 spiro atoms. The minimum atomic E-state index is 0.0784. The lowest BCUT2D eigenvalue weighted by molar-refractivity contribution is -0.133. The van der Waals surface area contributed by atoms with Crippen LogP contribution in [0.4, 0.5) is 0 Å². The zero-order valence-corrected chi connectivity index (χ0v) is 13.8. The van der Waals surface area contributed by atoms with Gasteiger partial charge in [-0.15, -0.1) is 10.2 Å². The average Bonchev–Trinajstić information content (AvgIpc) is 2.93. The first-order valence-electron chi connectivity index (χ1n) is 7.39. The van der Waals surface area contributed by atoms with Gasteiger partial charge in [0.1, 0.15) is 0 Å². The number of hydrogen-bond acceptors (Lipinski definition) is 4. The summed E-state index contributed by atoms with van der Waals surface area (Å²) in [6.07, 6.45) is 1.33. The van der Waals surface area contributed by atoms with Crippen LogP contribution in [0.5, 0.6) is 0 Å². The van der Waals surface area contributed by atoms with Crippen molar-refractivity contribution in [3.05, 3.63) is 35.2 Å². The third-order valence-corrected chi connectivity index (χ3v) is 3.61. The molecular weight excluding hydrogens is 302 g/mol. The number of hydrogen-bond donors (Lipinski definition) is 0. The van der Waals surface area contributed by atoms with Crippen molar-refractivity contribution in [3.8, 4) is 11.5 Å². The van der Waals surface area contributed by atoms with E-state index in [1.165, 1.54) is 0 Å². The molecular formula is C16H20ClN3O2. The van der Waals surface area contributed by atoms with Gasteiger partial charge in [0, 0.05) is 12.5 Å². The molecule has 0 aliphatic rings. The van der Waals surface area contributed by atoms with Crippen molar-refractivity contribution in [3.63, 3.8) is 0 Å². The third-order valence-electron chi connectivity index (χ3n) is 3.28. The number of amides is 1. The van der Waals surface area contributed by atoms with Gasteiger partial charge in [0.15, 0.2) is 0 Å². The average molecular weight is 322 g/mol. The van der Waals surface area contributed by atoms with Crippen molar-refractivity contribution in [2.45, 2.75) is 46.2 Å². The van der Waals surface area contributed by atoms with Gasteiger partial charge in [-0.3, -0.25) is 4.79 Å². The van der Waals surface area contributed by atoms with Crippen LogP contribution in [0.15, 0.2) is 28.7 Å². The smallest absolute Gasteiger partial charge is 0.249 e. The molecule has 5 nitrogen and oxygen atoms in total. The molecule has 0 saturated heterocycles. The third kappa shape index (κ3) is 3.85. The summed E-state index contributed by atoms with van der Waals surface area (Å²) >= 11 is 6.12. The highest BCUT2D eigenvalue weighted by molar-refractivity contribution is 6.33. The number of aromatic nitrogens is 2. The summed E-state index contributed by atoms with van der Waals surface area (Å²) in [4.78, 5) is 13.9. The van der Waals surface area contributed by atoms with Crippen molar-refractivity contribution in [2.24, 2.45) is 0 Å². The SMILES string of the molecule is CCCC(=O)N(Cc1nnc(-c2ccccc2Cl)o1)C(C)C. The monoisotopic (exact) mass is 321 g/mol. The first-order chi connectivity index (χ1) is 10.5. The summed E-state index contributed by atoms with van der Waals surface area (Å²) in [6.45, 7) is 6.24. The summed E-state index contributed by atoms with van der Waals surface area (Å²) < 4.78 is 5.66. The predicted molar refractivity (Wildman–Crippen MR) is 85.3 cm³/mol. The van der Waals surface area contributed by atoms with Crippen LogP contribution in [0.3, 0.4) is 0 Å². The van der Waals surface area contributed by atoms with Crippen molar-refractivity contribution in [2.75, 3.05) is 0 Å².